The highest BCUT2D eigenvalue weighted by Crippen LogP contribution is 2.41. The Hall–Kier alpha value is -1.11. The number of hydrogen-bond donors (Lipinski definition) is 1. The Morgan fingerprint density at radius 2 is 2.12 bits per heavy atom. The molecule has 0 aliphatic heterocycles. The highest BCUT2D eigenvalue weighted by Gasteiger charge is 2.35. The van der Waals surface area contributed by atoms with Gasteiger partial charge in [0.15, 0.2) is 0 Å². The van der Waals surface area contributed by atoms with E-state index in [0.717, 1.165) is 17.5 Å². The number of halogens is 3. The molecule has 16 heavy (non-hydrogen) atoms. The SMILES string of the molecule is CNCc1nnn(CC(F)(F)F)c1C1CC1. The Labute approximate surface area is 90.8 Å². The van der Waals surface area contributed by atoms with Gasteiger partial charge in [-0.3, -0.25) is 0 Å². The van der Waals surface area contributed by atoms with Crippen LogP contribution in [0, 0.1) is 0 Å². The summed E-state index contributed by atoms with van der Waals surface area (Å²) >= 11 is 0. The second-order valence-electron chi connectivity index (χ2n) is 4.00. The quantitative estimate of drug-likeness (QED) is 0.857. The summed E-state index contributed by atoms with van der Waals surface area (Å²) in [6.45, 7) is -0.584. The van der Waals surface area contributed by atoms with Crippen molar-refractivity contribution in [2.75, 3.05) is 7.05 Å². The molecule has 4 nitrogen and oxygen atoms in total. The van der Waals surface area contributed by atoms with Gasteiger partial charge in [-0.2, -0.15) is 13.2 Å². The third-order valence-electron chi connectivity index (χ3n) is 2.48. The van der Waals surface area contributed by atoms with Crippen molar-refractivity contribution in [2.24, 2.45) is 0 Å². The Bertz CT molecular complexity index is 367. The Balaban J connectivity index is 2.23. The first-order chi connectivity index (χ1) is 7.51. The van der Waals surface area contributed by atoms with Gasteiger partial charge in [-0.1, -0.05) is 5.21 Å². The van der Waals surface area contributed by atoms with Gasteiger partial charge < -0.3 is 5.32 Å². The van der Waals surface area contributed by atoms with Crippen molar-refractivity contribution in [3.05, 3.63) is 11.4 Å². The Morgan fingerprint density at radius 1 is 1.44 bits per heavy atom. The van der Waals surface area contributed by atoms with Crippen LogP contribution in [-0.2, 0) is 13.1 Å². The zero-order valence-corrected chi connectivity index (χ0v) is 8.88. The van der Waals surface area contributed by atoms with E-state index in [1.807, 2.05) is 0 Å². The minimum absolute atomic E-state index is 0.209. The molecule has 1 aromatic heterocycles. The lowest BCUT2D eigenvalue weighted by Gasteiger charge is -2.09. The highest BCUT2D eigenvalue weighted by atomic mass is 19.4. The molecule has 1 aliphatic carbocycles. The lowest BCUT2D eigenvalue weighted by atomic mass is 10.2. The van der Waals surface area contributed by atoms with Crippen LogP contribution in [0.25, 0.3) is 0 Å². The summed E-state index contributed by atoms with van der Waals surface area (Å²) in [4.78, 5) is 0. The molecule has 1 fully saturated rings. The van der Waals surface area contributed by atoms with E-state index in [1.54, 1.807) is 7.05 Å². The van der Waals surface area contributed by atoms with Crippen molar-refractivity contribution >= 4 is 0 Å². The number of alkyl halides is 3. The first-order valence-electron chi connectivity index (χ1n) is 5.15. The van der Waals surface area contributed by atoms with Gasteiger partial charge in [-0.15, -0.1) is 5.10 Å². The van der Waals surface area contributed by atoms with Crippen molar-refractivity contribution in [1.82, 2.24) is 20.3 Å². The molecule has 1 aliphatic rings. The molecular weight excluding hydrogens is 221 g/mol. The summed E-state index contributed by atoms with van der Waals surface area (Å²) in [7, 11) is 1.74. The van der Waals surface area contributed by atoms with Gasteiger partial charge in [0.1, 0.15) is 6.54 Å². The molecule has 1 aromatic rings. The maximum Gasteiger partial charge on any atom is 0.408 e. The van der Waals surface area contributed by atoms with Crippen LogP contribution in [0.3, 0.4) is 0 Å². The van der Waals surface area contributed by atoms with Crippen molar-refractivity contribution in [3.8, 4) is 0 Å². The van der Waals surface area contributed by atoms with Crippen LogP contribution < -0.4 is 5.32 Å². The molecule has 7 heteroatoms. The number of nitrogens with one attached hydrogen (secondary N) is 1. The fourth-order valence-electron chi connectivity index (χ4n) is 1.74. The molecular formula is C9H13F3N4. The molecule has 1 saturated carbocycles. The highest BCUT2D eigenvalue weighted by molar-refractivity contribution is 5.20. The molecule has 0 unspecified atom stereocenters. The van der Waals surface area contributed by atoms with Crippen LogP contribution in [0.15, 0.2) is 0 Å². The van der Waals surface area contributed by atoms with Gasteiger partial charge in [0.25, 0.3) is 0 Å². The molecule has 0 radical (unpaired) electrons. The largest absolute Gasteiger partial charge is 0.408 e. The summed E-state index contributed by atoms with van der Waals surface area (Å²) in [5, 5.41) is 10.3. The predicted octanol–water partition coefficient (Wildman–Crippen LogP) is 1.44. The van der Waals surface area contributed by atoms with Gasteiger partial charge in [-0.05, 0) is 19.9 Å². The zero-order valence-electron chi connectivity index (χ0n) is 8.88. The number of rotatable bonds is 4. The lowest BCUT2D eigenvalue weighted by molar-refractivity contribution is -0.143. The minimum Gasteiger partial charge on any atom is -0.314 e. The monoisotopic (exact) mass is 234 g/mol. The van der Waals surface area contributed by atoms with E-state index in [4.69, 9.17) is 0 Å². The predicted molar refractivity (Wildman–Crippen MR) is 50.8 cm³/mol. The first kappa shape index (κ1) is 11.4. The Morgan fingerprint density at radius 3 is 2.62 bits per heavy atom. The first-order valence-corrected chi connectivity index (χ1v) is 5.15. The molecule has 0 bridgehead atoms. The standard InChI is InChI=1S/C9H13F3N4/c1-13-4-7-8(6-2-3-6)16(15-14-7)5-9(10,11)12/h6,13H,2-5H2,1H3. The summed E-state index contributed by atoms with van der Waals surface area (Å²) < 4.78 is 37.9. The van der Waals surface area contributed by atoms with E-state index in [1.165, 1.54) is 0 Å². The normalized spacial score (nSPS) is 16.8. The number of aromatic nitrogens is 3. The summed E-state index contributed by atoms with van der Waals surface area (Å²) in [5.41, 5.74) is 1.28. The molecule has 0 saturated heterocycles. The van der Waals surface area contributed by atoms with Gasteiger partial charge in [0.2, 0.25) is 0 Å². The van der Waals surface area contributed by atoms with Crippen LogP contribution in [0.2, 0.25) is 0 Å². The second-order valence-corrected chi connectivity index (χ2v) is 4.00. The van der Waals surface area contributed by atoms with Crippen LogP contribution in [0.1, 0.15) is 30.1 Å². The summed E-state index contributed by atoms with van der Waals surface area (Å²) in [6, 6.07) is 0. The summed E-state index contributed by atoms with van der Waals surface area (Å²) in [6.07, 6.45) is -2.38. The van der Waals surface area contributed by atoms with E-state index in [0.29, 0.717) is 17.9 Å². The van der Waals surface area contributed by atoms with Gasteiger partial charge in [0, 0.05) is 12.5 Å². The maximum atomic E-state index is 12.3. The average molecular weight is 234 g/mol. The molecule has 90 valence electrons. The molecule has 0 aromatic carbocycles. The molecule has 0 atom stereocenters. The smallest absolute Gasteiger partial charge is 0.314 e. The lowest BCUT2D eigenvalue weighted by Crippen LogP contribution is -2.20. The molecule has 2 rings (SSSR count). The van der Waals surface area contributed by atoms with Crippen LogP contribution >= 0.6 is 0 Å². The molecule has 1 N–H and O–H groups in total. The van der Waals surface area contributed by atoms with Crippen LogP contribution in [0.5, 0.6) is 0 Å². The zero-order chi connectivity index (χ0) is 11.8. The van der Waals surface area contributed by atoms with Crippen LogP contribution in [-0.4, -0.2) is 28.2 Å². The average Bonchev–Trinajstić information content (AvgIpc) is 2.91. The van der Waals surface area contributed by atoms with E-state index in [2.05, 4.69) is 15.6 Å². The Kier molecular flexibility index (Phi) is 2.88. The van der Waals surface area contributed by atoms with Gasteiger partial charge in [-0.25, -0.2) is 4.68 Å². The third-order valence-corrected chi connectivity index (χ3v) is 2.48. The topological polar surface area (TPSA) is 42.7 Å². The van der Waals surface area contributed by atoms with Crippen LogP contribution in [0.4, 0.5) is 13.2 Å². The van der Waals surface area contributed by atoms with Crippen molar-refractivity contribution in [1.29, 1.82) is 0 Å². The van der Waals surface area contributed by atoms with Gasteiger partial charge >= 0.3 is 6.18 Å². The van der Waals surface area contributed by atoms with Crippen molar-refractivity contribution in [2.45, 2.75) is 38.0 Å². The van der Waals surface area contributed by atoms with Crippen molar-refractivity contribution < 1.29 is 13.2 Å². The van der Waals surface area contributed by atoms with Gasteiger partial charge in [0.05, 0.1) is 11.4 Å². The minimum atomic E-state index is -4.24. The maximum absolute atomic E-state index is 12.3. The number of nitrogens with zero attached hydrogens (tertiary/aromatic N) is 3. The molecule has 0 amide bonds. The second kappa shape index (κ2) is 4.04. The van der Waals surface area contributed by atoms with E-state index in [9.17, 15) is 13.2 Å². The van der Waals surface area contributed by atoms with Crippen molar-refractivity contribution in [3.63, 3.8) is 0 Å². The fourth-order valence-corrected chi connectivity index (χ4v) is 1.74. The third kappa shape index (κ3) is 2.52. The fraction of sp³-hybridized carbons (Fsp3) is 0.778. The molecule has 1 heterocycles. The number of hydrogen-bond acceptors (Lipinski definition) is 3. The summed E-state index contributed by atoms with van der Waals surface area (Å²) in [5.74, 6) is 0.209. The van der Waals surface area contributed by atoms with E-state index < -0.39 is 12.7 Å². The van der Waals surface area contributed by atoms with E-state index >= 15 is 0 Å². The molecule has 0 spiro atoms. The van der Waals surface area contributed by atoms with E-state index in [-0.39, 0.29) is 5.92 Å².